The van der Waals surface area contributed by atoms with Crippen LogP contribution in [-0.2, 0) is 16.4 Å². The molecule has 6 nitrogen and oxygen atoms in total. The van der Waals surface area contributed by atoms with Crippen LogP contribution in [0.1, 0.15) is 35.3 Å². The number of nitrogens with one attached hydrogen (secondary N) is 1. The molecule has 0 saturated heterocycles. The van der Waals surface area contributed by atoms with Crippen LogP contribution in [0.4, 0.5) is 5.69 Å². The van der Waals surface area contributed by atoms with E-state index in [1.54, 1.807) is 45.0 Å². The zero-order valence-corrected chi connectivity index (χ0v) is 20.1. The third kappa shape index (κ3) is 6.00. The smallest absolute Gasteiger partial charge is 0.256 e. The Bertz CT molecular complexity index is 1190. The van der Waals surface area contributed by atoms with E-state index in [0.29, 0.717) is 42.3 Å². The van der Waals surface area contributed by atoms with Crippen molar-refractivity contribution in [3.05, 3.63) is 89.5 Å². The van der Waals surface area contributed by atoms with Gasteiger partial charge in [-0.2, -0.15) is 4.31 Å². The number of carbonyl (C=O) groups excluding carboxylic acids is 1. The van der Waals surface area contributed by atoms with Crippen LogP contribution in [-0.4, -0.2) is 38.3 Å². The number of ether oxygens (including phenoxy) is 1. The number of para-hydroxylation sites is 2. The Kier molecular flexibility index (Phi) is 8.25. The molecule has 1 amide bonds. The van der Waals surface area contributed by atoms with E-state index < -0.39 is 10.0 Å². The fourth-order valence-corrected chi connectivity index (χ4v) is 5.01. The van der Waals surface area contributed by atoms with E-state index in [9.17, 15) is 13.2 Å². The van der Waals surface area contributed by atoms with Gasteiger partial charge in [0.1, 0.15) is 5.75 Å². The normalized spacial score (nSPS) is 11.4. The van der Waals surface area contributed by atoms with E-state index in [1.165, 1.54) is 15.9 Å². The molecule has 7 heteroatoms. The summed E-state index contributed by atoms with van der Waals surface area (Å²) in [5.41, 5.74) is 2.70. The molecule has 0 bridgehead atoms. The summed E-state index contributed by atoms with van der Waals surface area (Å²) in [7, 11) is -3.66. The fourth-order valence-electron chi connectivity index (χ4n) is 3.53. The highest BCUT2D eigenvalue weighted by molar-refractivity contribution is 7.89. The number of nitrogens with zero attached hydrogens (tertiary/aromatic N) is 1. The molecule has 3 aromatic rings. The van der Waals surface area contributed by atoms with Crippen molar-refractivity contribution in [2.75, 3.05) is 25.0 Å². The van der Waals surface area contributed by atoms with Crippen molar-refractivity contribution in [1.82, 2.24) is 4.31 Å². The van der Waals surface area contributed by atoms with Gasteiger partial charge in [-0.15, -0.1) is 0 Å². The minimum atomic E-state index is -3.66. The lowest BCUT2D eigenvalue weighted by atomic mass is 10.1. The van der Waals surface area contributed by atoms with Crippen LogP contribution in [0.25, 0.3) is 0 Å². The van der Waals surface area contributed by atoms with Crippen molar-refractivity contribution in [2.24, 2.45) is 0 Å². The summed E-state index contributed by atoms with van der Waals surface area (Å²) in [6, 6.07) is 21.9. The summed E-state index contributed by atoms with van der Waals surface area (Å²) < 4.78 is 33.1. The summed E-state index contributed by atoms with van der Waals surface area (Å²) in [4.78, 5) is 13.2. The molecule has 3 rings (SSSR count). The topological polar surface area (TPSA) is 75.7 Å². The molecule has 0 saturated carbocycles. The van der Waals surface area contributed by atoms with Gasteiger partial charge < -0.3 is 10.1 Å². The molecule has 0 radical (unpaired) electrons. The lowest BCUT2D eigenvalue weighted by Gasteiger charge is -2.19. The lowest BCUT2D eigenvalue weighted by Crippen LogP contribution is -2.30. The van der Waals surface area contributed by atoms with E-state index >= 15 is 0 Å². The molecular formula is C26H30N2O4S. The fraction of sp³-hybridized carbons (Fsp3) is 0.269. The number of anilines is 1. The second-order valence-corrected chi connectivity index (χ2v) is 9.54. The van der Waals surface area contributed by atoms with Gasteiger partial charge in [-0.25, -0.2) is 8.42 Å². The van der Waals surface area contributed by atoms with E-state index in [-0.39, 0.29) is 10.8 Å². The standard InChI is InChI=1S/C26H30N2O4S/c1-4-28(5-2)33(30,31)22-16-15-20(3)23(19-22)26(29)27-24-13-9-10-14-25(24)32-18-17-21-11-7-6-8-12-21/h6-16,19H,4-5,17-18H2,1-3H3,(H,27,29). The SMILES string of the molecule is CCN(CC)S(=O)(=O)c1ccc(C)c(C(=O)Nc2ccccc2OCCc2ccccc2)c1. The van der Waals surface area contributed by atoms with E-state index in [0.717, 1.165) is 6.42 Å². The van der Waals surface area contributed by atoms with Gasteiger partial charge in [-0.3, -0.25) is 4.79 Å². The van der Waals surface area contributed by atoms with Gasteiger partial charge in [0.05, 0.1) is 17.2 Å². The number of rotatable bonds is 10. The number of benzene rings is 3. The lowest BCUT2D eigenvalue weighted by molar-refractivity contribution is 0.102. The second kappa shape index (κ2) is 11.1. The number of carbonyl (C=O) groups is 1. The molecule has 0 aliphatic rings. The van der Waals surface area contributed by atoms with Crippen LogP contribution in [0.5, 0.6) is 5.75 Å². The highest BCUT2D eigenvalue weighted by Crippen LogP contribution is 2.26. The van der Waals surface area contributed by atoms with Crippen LogP contribution < -0.4 is 10.1 Å². The molecule has 0 atom stereocenters. The Morgan fingerprint density at radius 3 is 2.30 bits per heavy atom. The van der Waals surface area contributed by atoms with Gasteiger partial charge in [0, 0.05) is 25.1 Å². The van der Waals surface area contributed by atoms with Crippen molar-refractivity contribution in [3.63, 3.8) is 0 Å². The first kappa shape index (κ1) is 24.5. The minimum absolute atomic E-state index is 0.106. The zero-order valence-electron chi connectivity index (χ0n) is 19.2. The molecule has 174 valence electrons. The van der Waals surface area contributed by atoms with E-state index in [2.05, 4.69) is 5.32 Å². The van der Waals surface area contributed by atoms with E-state index in [1.807, 2.05) is 42.5 Å². The van der Waals surface area contributed by atoms with Gasteiger partial charge in [0.25, 0.3) is 5.91 Å². The molecule has 0 heterocycles. The van der Waals surface area contributed by atoms with Crippen molar-refractivity contribution in [2.45, 2.75) is 32.1 Å². The molecule has 3 aromatic carbocycles. The number of hydrogen-bond acceptors (Lipinski definition) is 4. The first-order chi connectivity index (χ1) is 15.9. The van der Waals surface area contributed by atoms with Crippen LogP contribution in [0, 0.1) is 6.92 Å². The minimum Gasteiger partial charge on any atom is -0.491 e. The Balaban J connectivity index is 1.78. The van der Waals surface area contributed by atoms with Crippen LogP contribution in [0.3, 0.4) is 0 Å². The first-order valence-electron chi connectivity index (χ1n) is 11.0. The molecule has 0 aliphatic carbocycles. The first-order valence-corrected chi connectivity index (χ1v) is 12.5. The van der Waals surface area contributed by atoms with Gasteiger partial charge in [0.2, 0.25) is 10.0 Å². The summed E-state index contributed by atoms with van der Waals surface area (Å²) in [5, 5.41) is 2.88. The van der Waals surface area contributed by atoms with Gasteiger partial charge in [-0.1, -0.05) is 62.4 Å². The van der Waals surface area contributed by atoms with Gasteiger partial charge in [0.15, 0.2) is 0 Å². The maximum atomic E-state index is 13.1. The van der Waals surface area contributed by atoms with Crippen molar-refractivity contribution in [1.29, 1.82) is 0 Å². The maximum absolute atomic E-state index is 13.1. The Hall–Kier alpha value is -3.16. The molecule has 1 N–H and O–H groups in total. The van der Waals surface area contributed by atoms with Crippen molar-refractivity contribution >= 4 is 21.6 Å². The predicted molar refractivity (Wildman–Crippen MR) is 131 cm³/mol. The number of aryl methyl sites for hydroxylation is 1. The number of amides is 1. The molecular weight excluding hydrogens is 436 g/mol. The average Bonchev–Trinajstić information content (AvgIpc) is 2.81. The van der Waals surface area contributed by atoms with Crippen molar-refractivity contribution < 1.29 is 17.9 Å². The third-order valence-electron chi connectivity index (χ3n) is 5.42. The van der Waals surface area contributed by atoms with E-state index in [4.69, 9.17) is 4.74 Å². The average molecular weight is 467 g/mol. The van der Waals surface area contributed by atoms with Crippen LogP contribution >= 0.6 is 0 Å². The van der Waals surface area contributed by atoms with Crippen molar-refractivity contribution in [3.8, 4) is 5.75 Å². The quantitative estimate of drug-likeness (QED) is 0.461. The molecule has 0 aromatic heterocycles. The highest BCUT2D eigenvalue weighted by atomic mass is 32.2. The van der Waals surface area contributed by atoms with Crippen LogP contribution in [0.15, 0.2) is 77.7 Å². The maximum Gasteiger partial charge on any atom is 0.256 e. The molecule has 0 unspecified atom stereocenters. The molecule has 0 spiro atoms. The van der Waals surface area contributed by atoms with Gasteiger partial charge >= 0.3 is 0 Å². The Morgan fingerprint density at radius 1 is 0.939 bits per heavy atom. The summed E-state index contributed by atoms with van der Waals surface area (Å²) in [6.45, 7) is 6.55. The number of hydrogen-bond donors (Lipinski definition) is 1. The third-order valence-corrected chi connectivity index (χ3v) is 7.47. The second-order valence-electron chi connectivity index (χ2n) is 7.60. The van der Waals surface area contributed by atoms with Gasteiger partial charge in [-0.05, 0) is 42.3 Å². The monoisotopic (exact) mass is 466 g/mol. The summed E-state index contributed by atoms with van der Waals surface area (Å²) in [6.07, 6.45) is 0.744. The highest BCUT2D eigenvalue weighted by Gasteiger charge is 2.23. The predicted octanol–water partition coefficient (Wildman–Crippen LogP) is 4.90. The largest absolute Gasteiger partial charge is 0.491 e. The zero-order chi connectivity index (χ0) is 23.8. The summed E-state index contributed by atoms with van der Waals surface area (Å²) in [5.74, 6) is 0.176. The summed E-state index contributed by atoms with van der Waals surface area (Å²) >= 11 is 0. The Morgan fingerprint density at radius 2 is 1.61 bits per heavy atom. The molecule has 33 heavy (non-hydrogen) atoms. The Labute approximate surface area is 196 Å². The van der Waals surface area contributed by atoms with Crippen LogP contribution in [0.2, 0.25) is 0 Å². The number of sulfonamides is 1. The molecule has 0 fully saturated rings. The molecule has 0 aliphatic heterocycles.